The number of benzene rings is 2. The maximum Gasteiger partial charge on any atom is 0.342 e. The van der Waals surface area contributed by atoms with Gasteiger partial charge in [-0.1, -0.05) is 48.5 Å². The van der Waals surface area contributed by atoms with Gasteiger partial charge in [-0.05, 0) is 13.0 Å². The summed E-state index contributed by atoms with van der Waals surface area (Å²) in [7, 11) is 0. The van der Waals surface area contributed by atoms with E-state index < -0.39 is 0 Å². The Kier molecular flexibility index (Phi) is 3.25. The highest BCUT2D eigenvalue weighted by atomic mass is 16.5. The van der Waals surface area contributed by atoms with Crippen LogP contribution >= 0.6 is 0 Å². The first-order valence-electron chi connectivity index (χ1n) is 6.55. The molecule has 0 amide bonds. The molecule has 0 aliphatic carbocycles. The molecule has 0 aliphatic heterocycles. The van der Waals surface area contributed by atoms with Crippen LogP contribution in [-0.2, 0) is 4.74 Å². The van der Waals surface area contributed by atoms with E-state index in [9.17, 15) is 4.79 Å². The van der Waals surface area contributed by atoms with Crippen LogP contribution in [0.4, 0.5) is 0 Å². The number of hydrogen-bond acceptors (Lipinski definition) is 3. The van der Waals surface area contributed by atoms with Crippen LogP contribution in [0.15, 0.2) is 59.0 Å². The Morgan fingerprint density at radius 1 is 1.05 bits per heavy atom. The molecule has 20 heavy (non-hydrogen) atoms. The molecule has 0 N–H and O–H groups in total. The summed E-state index contributed by atoms with van der Waals surface area (Å²) in [5.41, 5.74) is 2.05. The van der Waals surface area contributed by atoms with Crippen molar-refractivity contribution in [2.24, 2.45) is 0 Å². The lowest BCUT2D eigenvalue weighted by atomic mass is 10.1. The molecule has 1 heterocycles. The summed E-state index contributed by atoms with van der Waals surface area (Å²) in [6.07, 6.45) is 0. The summed E-state index contributed by atoms with van der Waals surface area (Å²) in [5.74, 6) is 0.210. The molecular formula is C17H14O3. The Hall–Kier alpha value is -2.55. The predicted octanol–water partition coefficient (Wildman–Crippen LogP) is 4.28. The van der Waals surface area contributed by atoms with E-state index in [2.05, 4.69) is 0 Å². The number of para-hydroxylation sites is 1. The fourth-order valence-electron chi connectivity index (χ4n) is 2.24. The van der Waals surface area contributed by atoms with Gasteiger partial charge in [0, 0.05) is 10.9 Å². The lowest BCUT2D eigenvalue weighted by Gasteiger charge is -2.03. The smallest absolute Gasteiger partial charge is 0.342 e. The minimum Gasteiger partial charge on any atom is -0.462 e. The minimum atomic E-state index is -0.351. The highest BCUT2D eigenvalue weighted by Gasteiger charge is 2.22. The molecule has 3 heteroatoms. The Bertz CT molecular complexity index is 741. The Morgan fingerprint density at radius 3 is 2.50 bits per heavy atom. The highest BCUT2D eigenvalue weighted by Crippen LogP contribution is 2.33. The molecule has 100 valence electrons. The summed E-state index contributed by atoms with van der Waals surface area (Å²) >= 11 is 0. The molecule has 3 nitrogen and oxygen atoms in total. The number of hydrogen-bond donors (Lipinski definition) is 0. The SMILES string of the molecule is CCOC(=O)c1c(-c2ccccc2)oc2ccccc12. The number of ether oxygens (including phenoxy) is 1. The molecule has 0 bridgehead atoms. The van der Waals surface area contributed by atoms with E-state index in [0.717, 1.165) is 10.9 Å². The van der Waals surface area contributed by atoms with E-state index in [1.165, 1.54) is 0 Å². The van der Waals surface area contributed by atoms with Crippen molar-refractivity contribution in [3.05, 3.63) is 60.2 Å². The second-order valence-corrected chi connectivity index (χ2v) is 4.39. The van der Waals surface area contributed by atoms with Crippen molar-refractivity contribution in [2.75, 3.05) is 6.61 Å². The molecule has 0 saturated carbocycles. The molecule has 1 aromatic heterocycles. The molecule has 0 aliphatic rings. The quantitative estimate of drug-likeness (QED) is 0.664. The van der Waals surface area contributed by atoms with E-state index in [-0.39, 0.29) is 5.97 Å². The maximum atomic E-state index is 12.2. The standard InChI is InChI=1S/C17H14O3/c1-2-19-17(18)15-13-10-6-7-11-14(13)20-16(15)12-8-4-3-5-9-12/h3-11H,2H2,1H3. The largest absolute Gasteiger partial charge is 0.462 e. The van der Waals surface area contributed by atoms with Crippen molar-refractivity contribution in [3.63, 3.8) is 0 Å². The summed E-state index contributed by atoms with van der Waals surface area (Å²) in [6.45, 7) is 2.13. The molecule has 2 aromatic carbocycles. The summed E-state index contributed by atoms with van der Waals surface area (Å²) < 4.78 is 11.0. The third-order valence-corrected chi connectivity index (χ3v) is 3.11. The average molecular weight is 266 g/mol. The first-order valence-corrected chi connectivity index (χ1v) is 6.55. The van der Waals surface area contributed by atoms with Crippen molar-refractivity contribution >= 4 is 16.9 Å². The fraction of sp³-hybridized carbons (Fsp3) is 0.118. The minimum absolute atomic E-state index is 0.340. The van der Waals surface area contributed by atoms with Crippen molar-refractivity contribution in [2.45, 2.75) is 6.92 Å². The number of carbonyl (C=O) groups is 1. The first-order chi connectivity index (χ1) is 9.81. The zero-order valence-corrected chi connectivity index (χ0v) is 11.1. The molecule has 0 saturated heterocycles. The Morgan fingerprint density at radius 2 is 1.75 bits per heavy atom. The Balaban J connectivity index is 2.25. The third-order valence-electron chi connectivity index (χ3n) is 3.11. The van der Waals surface area contributed by atoms with E-state index in [4.69, 9.17) is 9.15 Å². The first kappa shape index (κ1) is 12.5. The van der Waals surface area contributed by atoms with Crippen LogP contribution in [0.5, 0.6) is 0 Å². The number of furan rings is 1. The van der Waals surface area contributed by atoms with Gasteiger partial charge in [0.1, 0.15) is 16.9 Å². The summed E-state index contributed by atoms with van der Waals surface area (Å²) in [4.78, 5) is 12.2. The van der Waals surface area contributed by atoms with Crippen molar-refractivity contribution in [3.8, 4) is 11.3 Å². The van der Waals surface area contributed by atoms with Gasteiger partial charge in [-0.3, -0.25) is 0 Å². The van der Waals surface area contributed by atoms with Crippen molar-refractivity contribution in [1.82, 2.24) is 0 Å². The second kappa shape index (κ2) is 5.21. The molecule has 3 aromatic rings. The molecule has 0 fully saturated rings. The fourth-order valence-corrected chi connectivity index (χ4v) is 2.24. The van der Waals surface area contributed by atoms with Crippen LogP contribution in [0.25, 0.3) is 22.3 Å². The molecule has 0 spiro atoms. The van der Waals surface area contributed by atoms with Crippen LogP contribution in [0.2, 0.25) is 0 Å². The average Bonchev–Trinajstić information content (AvgIpc) is 2.88. The lowest BCUT2D eigenvalue weighted by molar-refractivity contribution is 0.0529. The van der Waals surface area contributed by atoms with Crippen molar-refractivity contribution < 1.29 is 13.9 Å². The van der Waals surface area contributed by atoms with E-state index in [1.807, 2.05) is 54.6 Å². The van der Waals surface area contributed by atoms with Gasteiger partial charge in [-0.2, -0.15) is 0 Å². The Labute approximate surface area is 116 Å². The molecule has 0 radical (unpaired) electrons. The monoisotopic (exact) mass is 266 g/mol. The third kappa shape index (κ3) is 2.07. The van der Waals surface area contributed by atoms with E-state index in [1.54, 1.807) is 6.92 Å². The highest BCUT2D eigenvalue weighted by molar-refractivity contribution is 6.08. The van der Waals surface area contributed by atoms with Crippen LogP contribution in [-0.4, -0.2) is 12.6 Å². The molecule has 3 rings (SSSR count). The molecular weight excluding hydrogens is 252 g/mol. The predicted molar refractivity (Wildman–Crippen MR) is 77.6 cm³/mol. The van der Waals surface area contributed by atoms with Gasteiger partial charge in [0.15, 0.2) is 0 Å². The van der Waals surface area contributed by atoms with E-state index in [0.29, 0.717) is 23.5 Å². The van der Waals surface area contributed by atoms with Gasteiger partial charge >= 0.3 is 5.97 Å². The zero-order valence-electron chi connectivity index (χ0n) is 11.1. The van der Waals surface area contributed by atoms with Gasteiger partial charge in [-0.25, -0.2) is 4.79 Å². The van der Waals surface area contributed by atoms with Crippen LogP contribution in [0.1, 0.15) is 17.3 Å². The maximum absolute atomic E-state index is 12.2. The van der Waals surface area contributed by atoms with Crippen molar-refractivity contribution in [1.29, 1.82) is 0 Å². The normalized spacial score (nSPS) is 10.7. The number of esters is 1. The van der Waals surface area contributed by atoms with Crippen LogP contribution in [0, 0.1) is 0 Å². The zero-order chi connectivity index (χ0) is 13.9. The van der Waals surface area contributed by atoms with Crippen LogP contribution < -0.4 is 0 Å². The number of rotatable bonds is 3. The molecule has 0 atom stereocenters. The molecule has 0 unspecified atom stereocenters. The number of carbonyl (C=O) groups excluding carboxylic acids is 1. The number of fused-ring (bicyclic) bond motifs is 1. The van der Waals surface area contributed by atoms with Gasteiger partial charge in [0.2, 0.25) is 0 Å². The second-order valence-electron chi connectivity index (χ2n) is 4.39. The van der Waals surface area contributed by atoms with Gasteiger partial charge in [0.25, 0.3) is 0 Å². The van der Waals surface area contributed by atoms with Gasteiger partial charge in [-0.15, -0.1) is 0 Å². The van der Waals surface area contributed by atoms with Gasteiger partial charge in [0.05, 0.1) is 6.61 Å². The van der Waals surface area contributed by atoms with Gasteiger partial charge < -0.3 is 9.15 Å². The topological polar surface area (TPSA) is 39.4 Å². The summed E-state index contributed by atoms with van der Waals surface area (Å²) in [6, 6.07) is 17.1. The summed E-state index contributed by atoms with van der Waals surface area (Å²) in [5, 5.41) is 0.782. The van der Waals surface area contributed by atoms with E-state index >= 15 is 0 Å². The van der Waals surface area contributed by atoms with Crippen LogP contribution in [0.3, 0.4) is 0 Å². The lowest BCUT2D eigenvalue weighted by Crippen LogP contribution is -2.05.